The number of ether oxygens (including phenoxy) is 3. The van der Waals surface area contributed by atoms with E-state index in [2.05, 4.69) is 0 Å². The monoisotopic (exact) mass is 425 g/mol. The molecule has 1 fully saturated rings. The summed E-state index contributed by atoms with van der Waals surface area (Å²) in [6.07, 6.45) is 2.21. The molecule has 0 saturated carbocycles. The van der Waals surface area contributed by atoms with Gasteiger partial charge in [0.15, 0.2) is 17.1 Å². The molecule has 7 heteroatoms. The van der Waals surface area contributed by atoms with Gasteiger partial charge < -0.3 is 24.2 Å². The minimum atomic E-state index is -1.31. The fourth-order valence-electron chi connectivity index (χ4n) is 3.98. The van der Waals surface area contributed by atoms with Gasteiger partial charge in [0.05, 0.1) is 6.42 Å². The van der Waals surface area contributed by atoms with Gasteiger partial charge in [0.2, 0.25) is 12.7 Å². The Balaban J connectivity index is 1.42. The Labute approximate surface area is 181 Å². The first-order valence-electron chi connectivity index (χ1n) is 10.5. The number of fused-ring (bicyclic) bond motifs is 1. The largest absolute Gasteiger partial charge is 0.478 e. The molecule has 1 unspecified atom stereocenters. The molecule has 2 aliphatic heterocycles. The average molecular weight is 425 g/mol. The number of carboxylic acid groups (broad SMARTS) is 1. The maximum absolute atomic E-state index is 12.9. The SMILES string of the molecule is CC(C)(Oc1cccc(C2CCCN(C(=O)Cc3ccc4c(c3)OCO4)C2)c1)C(=O)O. The Morgan fingerprint density at radius 2 is 1.97 bits per heavy atom. The Morgan fingerprint density at radius 3 is 2.77 bits per heavy atom. The van der Waals surface area contributed by atoms with Crippen molar-refractivity contribution in [1.29, 1.82) is 0 Å². The van der Waals surface area contributed by atoms with Gasteiger partial charge in [-0.1, -0.05) is 18.2 Å². The second-order valence-corrected chi connectivity index (χ2v) is 8.53. The van der Waals surface area contributed by atoms with Crippen molar-refractivity contribution in [3.05, 3.63) is 53.6 Å². The molecule has 0 aromatic heterocycles. The van der Waals surface area contributed by atoms with Gasteiger partial charge in [0.25, 0.3) is 0 Å². The molecule has 1 saturated heterocycles. The Morgan fingerprint density at radius 1 is 1.16 bits per heavy atom. The minimum absolute atomic E-state index is 0.0861. The highest BCUT2D eigenvalue weighted by Gasteiger charge is 2.30. The summed E-state index contributed by atoms with van der Waals surface area (Å²) in [5, 5.41) is 9.31. The van der Waals surface area contributed by atoms with E-state index < -0.39 is 11.6 Å². The van der Waals surface area contributed by atoms with Crippen LogP contribution in [-0.4, -0.2) is 47.4 Å². The summed E-state index contributed by atoms with van der Waals surface area (Å²) < 4.78 is 16.4. The lowest BCUT2D eigenvalue weighted by atomic mass is 9.90. The summed E-state index contributed by atoms with van der Waals surface area (Å²) in [4.78, 5) is 26.2. The molecule has 1 N–H and O–H groups in total. The highest BCUT2D eigenvalue weighted by Crippen LogP contribution is 2.33. The van der Waals surface area contributed by atoms with Gasteiger partial charge >= 0.3 is 5.97 Å². The molecule has 0 bridgehead atoms. The molecule has 164 valence electrons. The highest BCUT2D eigenvalue weighted by molar-refractivity contribution is 5.79. The third-order valence-electron chi connectivity index (χ3n) is 5.78. The number of carboxylic acids is 1. The molecule has 2 aromatic carbocycles. The van der Waals surface area contributed by atoms with Gasteiger partial charge in [-0.05, 0) is 62.1 Å². The van der Waals surface area contributed by atoms with E-state index in [1.54, 1.807) is 6.07 Å². The number of carbonyl (C=O) groups is 2. The zero-order chi connectivity index (χ0) is 22.0. The molecule has 4 rings (SSSR count). The van der Waals surface area contributed by atoms with Crippen molar-refractivity contribution in [3.63, 3.8) is 0 Å². The predicted molar refractivity (Wildman–Crippen MR) is 114 cm³/mol. The number of amides is 1. The lowest BCUT2D eigenvalue weighted by Gasteiger charge is -2.33. The normalized spacial score (nSPS) is 18.0. The highest BCUT2D eigenvalue weighted by atomic mass is 16.7. The molecule has 2 heterocycles. The van der Waals surface area contributed by atoms with E-state index in [0.717, 1.165) is 30.5 Å². The van der Waals surface area contributed by atoms with Gasteiger partial charge in [0.1, 0.15) is 5.75 Å². The number of likely N-dealkylation sites (tertiary alicyclic amines) is 1. The number of carbonyl (C=O) groups excluding carboxylic acids is 1. The summed E-state index contributed by atoms with van der Waals surface area (Å²) >= 11 is 0. The lowest BCUT2D eigenvalue weighted by Crippen LogP contribution is -2.40. The summed E-state index contributed by atoms with van der Waals surface area (Å²) in [5.74, 6) is 1.17. The van der Waals surface area contributed by atoms with Crippen molar-refractivity contribution in [3.8, 4) is 17.2 Å². The van der Waals surface area contributed by atoms with Crippen molar-refractivity contribution in [2.24, 2.45) is 0 Å². The summed E-state index contributed by atoms with van der Waals surface area (Å²) in [7, 11) is 0. The molecule has 0 spiro atoms. The molecular weight excluding hydrogens is 398 g/mol. The van der Waals surface area contributed by atoms with Crippen molar-refractivity contribution in [1.82, 2.24) is 4.90 Å². The number of hydrogen-bond donors (Lipinski definition) is 1. The van der Waals surface area contributed by atoms with Crippen LogP contribution in [0.2, 0.25) is 0 Å². The Bertz CT molecular complexity index is 986. The molecular formula is C24H27NO6. The van der Waals surface area contributed by atoms with Gasteiger partial charge in [0, 0.05) is 19.0 Å². The number of piperidine rings is 1. The van der Waals surface area contributed by atoms with E-state index in [-0.39, 0.29) is 18.6 Å². The third kappa shape index (κ3) is 4.76. The summed E-state index contributed by atoms with van der Waals surface area (Å²) in [6.45, 7) is 4.64. The standard InChI is InChI=1S/C24H27NO6/c1-24(2,23(27)28)31-19-7-3-5-17(13-19)18-6-4-10-25(14-18)22(26)12-16-8-9-20-21(11-16)30-15-29-20/h3,5,7-9,11,13,18H,4,6,10,12,14-15H2,1-2H3,(H,27,28). The van der Waals surface area contributed by atoms with E-state index in [0.29, 0.717) is 30.2 Å². The number of aliphatic carboxylic acids is 1. The maximum Gasteiger partial charge on any atom is 0.347 e. The first-order chi connectivity index (χ1) is 14.8. The first-order valence-corrected chi connectivity index (χ1v) is 10.5. The van der Waals surface area contributed by atoms with E-state index in [9.17, 15) is 14.7 Å². The fourth-order valence-corrected chi connectivity index (χ4v) is 3.98. The van der Waals surface area contributed by atoms with Crippen LogP contribution in [0.3, 0.4) is 0 Å². The van der Waals surface area contributed by atoms with Gasteiger partial charge in [-0.3, -0.25) is 4.79 Å². The topological polar surface area (TPSA) is 85.3 Å². The first kappa shape index (κ1) is 21.0. The lowest BCUT2D eigenvalue weighted by molar-refractivity contribution is -0.152. The number of benzene rings is 2. The average Bonchev–Trinajstić information content (AvgIpc) is 3.21. The molecule has 2 aromatic rings. The van der Waals surface area contributed by atoms with Crippen LogP contribution in [0.1, 0.15) is 43.7 Å². The van der Waals surface area contributed by atoms with E-state index in [1.807, 2.05) is 41.3 Å². The Hall–Kier alpha value is -3.22. The van der Waals surface area contributed by atoms with Crippen LogP contribution in [0.5, 0.6) is 17.2 Å². The van der Waals surface area contributed by atoms with Crippen LogP contribution in [0.4, 0.5) is 0 Å². The van der Waals surface area contributed by atoms with Gasteiger partial charge in [-0.15, -0.1) is 0 Å². The number of hydrogen-bond acceptors (Lipinski definition) is 5. The molecule has 2 aliphatic rings. The van der Waals surface area contributed by atoms with Gasteiger partial charge in [-0.25, -0.2) is 4.79 Å². The molecule has 0 radical (unpaired) electrons. The Kier molecular flexibility index (Phi) is 5.76. The zero-order valence-electron chi connectivity index (χ0n) is 17.8. The maximum atomic E-state index is 12.9. The smallest absolute Gasteiger partial charge is 0.347 e. The second kappa shape index (κ2) is 8.49. The van der Waals surface area contributed by atoms with Crippen LogP contribution in [0.25, 0.3) is 0 Å². The van der Waals surface area contributed by atoms with E-state index >= 15 is 0 Å². The van der Waals surface area contributed by atoms with Crippen LogP contribution in [0.15, 0.2) is 42.5 Å². The minimum Gasteiger partial charge on any atom is -0.478 e. The van der Waals surface area contributed by atoms with Crippen molar-refractivity contribution < 1.29 is 28.9 Å². The van der Waals surface area contributed by atoms with Crippen LogP contribution >= 0.6 is 0 Å². The number of nitrogens with zero attached hydrogens (tertiary/aromatic N) is 1. The van der Waals surface area contributed by atoms with Crippen molar-refractivity contribution >= 4 is 11.9 Å². The molecule has 7 nitrogen and oxygen atoms in total. The molecule has 31 heavy (non-hydrogen) atoms. The summed E-state index contributed by atoms with van der Waals surface area (Å²) in [5.41, 5.74) is 0.652. The third-order valence-corrected chi connectivity index (χ3v) is 5.78. The molecule has 0 aliphatic carbocycles. The number of rotatable bonds is 6. The zero-order valence-corrected chi connectivity index (χ0v) is 17.8. The van der Waals surface area contributed by atoms with Crippen LogP contribution in [-0.2, 0) is 16.0 Å². The van der Waals surface area contributed by atoms with Gasteiger partial charge in [-0.2, -0.15) is 0 Å². The predicted octanol–water partition coefficient (Wildman–Crippen LogP) is 3.61. The van der Waals surface area contributed by atoms with Crippen molar-refractivity contribution in [2.75, 3.05) is 19.9 Å². The van der Waals surface area contributed by atoms with Crippen LogP contribution in [0, 0.1) is 0 Å². The van der Waals surface area contributed by atoms with Crippen molar-refractivity contribution in [2.45, 2.75) is 44.6 Å². The molecule has 1 amide bonds. The molecule has 1 atom stereocenters. The quantitative estimate of drug-likeness (QED) is 0.761. The second-order valence-electron chi connectivity index (χ2n) is 8.53. The summed E-state index contributed by atoms with van der Waals surface area (Å²) in [6, 6.07) is 13.1. The fraction of sp³-hybridized carbons (Fsp3) is 0.417. The van der Waals surface area contributed by atoms with E-state index in [1.165, 1.54) is 13.8 Å². The van der Waals surface area contributed by atoms with E-state index in [4.69, 9.17) is 14.2 Å². The van der Waals surface area contributed by atoms with Crippen LogP contribution < -0.4 is 14.2 Å².